The number of thiazole rings is 1. The Hall–Kier alpha value is -0.990. The zero-order valence-electron chi connectivity index (χ0n) is 9.47. The van der Waals surface area contributed by atoms with Crippen molar-refractivity contribution in [3.63, 3.8) is 0 Å². The summed E-state index contributed by atoms with van der Waals surface area (Å²) in [5.41, 5.74) is 5.69. The van der Waals surface area contributed by atoms with E-state index < -0.39 is 9.84 Å². The molecular weight excluding hydrogens is 262 g/mol. The summed E-state index contributed by atoms with van der Waals surface area (Å²) >= 11 is 1.37. The molecule has 0 unspecified atom stereocenters. The van der Waals surface area contributed by atoms with Crippen molar-refractivity contribution in [1.29, 1.82) is 0 Å². The van der Waals surface area contributed by atoms with Gasteiger partial charge in [-0.3, -0.25) is 4.79 Å². The molecule has 0 aliphatic carbocycles. The van der Waals surface area contributed by atoms with Gasteiger partial charge in [-0.1, -0.05) is 0 Å². The van der Waals surface area contributed by atoms with Gasteiger partial charge < -0.3 is 11.1 Å². The number of hydrogen-bond acceptors (Lipinski definition) is 6. The van der Waals surface area contributed by atoms with Gasteiger partial charge in [0.15, 0.2) is 0 Å². The van der Waals surface area contributed by atoms with E-state index in [2.05, 4.69) is 10.3 Å². The molecule has 96 valence electrons. The van der Waals surface area contributed by atoms with Crippen LogP contribution in [0.5, 0.6) is 0 Å². The van der Waals surface area contributed by atoms with E-state index in [4.69, 9.17) is 5.73 Å². The van der Waals surface area contributed by atoms with Crippen LogP contribution in [-0.4, -0.2) is 44.4 Å². The molecule has 1 rings (SSSR count). The second-order valence-corrected chi connectivity index (χ2v) is 6.75. The smallest absolute Gasteiger partial charge is 0.270 e. The van der Waals surface area contributed by atoms with Crippen LogP contribution in [-0.2, 0) is 16.3 Å². The number of nitrogens with zero attached hydrogens (tertiary/aromatic N) is 1. The predicted molar refractivity (Wildman–Crippen MR) is 66.9 cm³/mol. The molecule has 0 radical (unpaired) electrons. The third-order valence-corrected chi connectivity index (χ3v) is 3.76. The topological polar surface area (TPSA) is 102 Å². The van der Waals surface area contributed by atoms with Gasteiger partial charge in [0.05, 0.1) is 10.8 Å². The molecule has 0 saturated heterocycles. The molecule has 1 aromatic heterocycles. The Balaban J connectivity index is 2.46. The van der Waals surface area contributed by atoms with E-state index in [1.165, 1.54) is 11.3 Å². The molecule has 8 heteroatoms. The van der Waals surface area contributed by atoms with Gasteiger partial charge in [0.25, 0.3) is 5.91 Å². The molecule has 1 aromatic rings. The lowest BCUT2D eigenvalue weighted by Gasteiger charge is -2.01. The first-order chi connectivity index (χ1) is 7.92. The summed E-state index contributed by atoms with van der Waals surface area (Å²) in [6.07, 6.45) is 1.77. The van der Waals surface area contributed by atoms with Crippen molar-refractivity contribution in [2.24, 2.45) is 5.73 Å². The molecule has 0 fully saturated rings. The summed E-state index contributed by atoms with van der Waals surface area (Å²) in [6.45, 7) is 0.587. The minimum Gasteiger partial charge on any atom is -0.350 e. The summed E-state index contributed by atoms with van der Waals surface area (Å²) in [7, 11) is -3.05. The molecule has 0 aliphatic rings. The maximum absolute atomic E-state index is 11.6. The van der Waals surface area contributed by atoms with Gasteiger partial charge in [-0.15, -0.1) is 11.3 Å². The summed E-state index contributed by atoms with van der Waals surface area (Å²) in [5.74, 6) is -0.424. The molecule has 0 spiro atoms. The summed E-state index contributed by atoms with van der Waals surface area (Å²) in [4.78, 5) is 15.6. The lowest BCUT2D eigenvalue weighted by Crippen LogP contribution is -2.29. The van der Waals surface area contributed by atoms with Crippen LogP contribution in [0, 0.1) is 0 Å². The van der Waals surface area contributed by atoms with Crippen LogP contribution in [0.2, 0.25) is 0 Å². The van der Waals surface area contributed by atoms with E-state index in [-0.39, 0.29) is 18.2 Å². The number of carbonyl (C=O) groups excluding carboxylic acids is 1. The van der Waals surface area contributed by atoms with E-state index in [1.807, 2.05) is 0 Å². The Labute approximate surface area is 104 Å². The number of rotatable bonds is 6. The van der Waals surface area contributed by atoms with Gasteiger partial charge in [0.2, 0.25) is 0 Å². The summed E-state index contributed by atoms with van der Waals surface area (Å²) < 4.78 is 21.7. The average Bonchev–Trinajstić information content (AvgIpc) is 2.65. The molecular formula is C9H15N3O3S2. The van der Waals surface area contributed by atoms with Crippen LogP contribution in [0.4, 0.5) is 0 Å². The number of hydrogen-bond donors (Lipinski definition) is 2. The molecule has 0 atom stereocenters. The van der Waals surface area contributed by atoms with E-state index in [1.54, 1.807) is 5.38 Å². The van der Waals surface area contributed by atoms with E-state index >= 15 is 0 Å². The molecule has 0 bridgehead atoms. The lowest BCUT2D eigenvalue weighted by molar-refractivity contribution is 0.0951. The molecule has 0 saturated carbocycles. The number of aromatic nitrogens is 1. The molecule has 17 heavy (non-hydrogen) atoms. The maximum Gasteiger partial charge on any atom is 0.270 e. The predicted octanol–water partition coefficient (Wildman–Crippen LogP) is -0.581. The summed E-state index contributed by atoms with van der Waals surface area (Å²) in [5, 5.41) is 4.95. The molecule has 3 N–H and O–H groups in total. The number of nitrogens with two attached hydrogens (primary N) is 1. The Morgan fingerprint density at radius 1 is 1.59 bits per heavy atom. The monoisotopic (exact) mass is 277 g/mol. The van der Waals surface area contributed by atoms with Crippen molar-refractivity contribution >= 4 is 27.1 Å². The fourth-order valence-electron chi connectivity index (χ4n) is 1.09. The highest BCUT2D eigenvalue weighted by atomic mass is 32.2. The van der Waals surface area contributed by atoms with Crippen molar-refractivity contribution in [3.05, 3.63) is 16.1 Å². The van der Waals surface area contributed by atoms with Crippen molar-refractivity contribution in [2.45, 2.75) is 6.42 Å². The van der Waals surface area contributed by atoms with Gasteiger partial charge in [-0.25, -0.2) is 13.4 Å². The average molecular weight is 277 g/mol. The highest BCUT2D eigenvalue weighted by Gasteiger charge is 2.11. The highest BCUT2D eigenvalue weighted by molar-refractivity contribution is 7.90. The lowest BCUT2D eigenvalue weighted by atomic mass is 10.4. The van der Waals surface area contributed by atoms with Gasteiger partial charge in [-0.05, 0) is 6.54 Å². The van der Waals surface area contributed by atoms with Gasteiger partial charge in [0.1, 0.15) is 15.5 Å². The van der Waals surface area contributed by atoms with Crippen molar-refractivity contribution < 1.29 is 13.2 Å². The second kappa shape index (κ2) is 6.08. The third kappa shape index (κ3) is 5.24. The van der Waals surface area contributed by atoms with Crippen molar-refractivity contribution in [3.8, 4) is 0 Å². The van der Waals surface area contributed by atoms with E-state index in [9.17, 15) is 13.2 Å². The largest absolute Gasteiger partial charge is 0.350 e. The fourth-order valence-corrected chi connectivity index (χ4v) is 2.36. The van der Waals surface area contributed by atoms with Gasteiger partial charge in [-0.2, -0.15) is 0 Å². The third-order valence-electron chi connectivity index (χ3n) is 1.90. The zero-order chi connectivity index (χ0) is 12.9. The minimum atomic E-state index is -3.05. The van der Waals surface area contributed by atoms with Crippen LogP contribution in [0.15, 0.2) is 5.38 Å². The Kier molecular flexibility index (Phi) is 5.03. The maximum atomic E-state index is 11.6. The van der Waals surface area contributed by atoms with Crippen LogP contribution < -0.4 is 11.1 Å². The SMILES string of the molecule is CS(=O)(=O)CCNC(=O)c1csc(CCN)n1. The van der Waals surface area contributed by atoms with Crippen LogP contribution >= 0.6 is 11.3 Å². The Bertz CT molecular complexity index is 481. The standard InChI is InChI=1S/C9H15N3O3S2/c1-17(14,15)5-4-11-9(13)7-6-16-8(12-7)2-3-10/h6H,2-5,10H2,1H3,(H,11,13). The van der Waals surface area contributed by atoms with Crippen molar-refractivity contribution in [2.75, 3.05) is 25.1 Å². The number of nitrogens with one attached hydrogen (secondary N) is 1. The first-order valence-electron chi connectivity index (χ1n) is 5.03. The molecule has 6 nitrogen and oxygen atoms in total. The Morgan fingerprint density at radius 3 is 2.88 bits per heavy atom. The highest BCUT2D eigenvalue weighted by Crippen LogP contribution is 2.09. The molecule has 1 heterocycles. The number of carbonyl (C=O) groups is 1. The Morgan fingerprint density at radius 2 is 2.29 bits per heavy atom. The quantitative estimate of drug-likeness (QED) is 0.724. The molecule has 1 amide bonds. The van der Waals surface area contributed by atoms with Crippen LogP contribution in [0.3, 0.4) is 0 Å². The number of sulfone groups is 1. The molecule has 0 aliphatic heterocycles. The zero-order valence-corrected chi connectivity index (χ0v) is 11.1. The minimum absolute atomic E-state index is 0.0709. The van der Waals surface area contributed by atoms with Crippen LogP contribution in [0.1, 0.15) is 15.5 Å². The van der Waals surface area contributed by atoms with E-state index in [0.717, 1.165) is 11.3 Å². The first-order valence-corrected chi connectivity index (χ1v) is 7.97. The fraction of sp³-hybridized carbons (Fsp3) is 0.556. The van der Waals surface area contributed by atoms with Gasteiger partial charge in [0, 0.05) is 24.6 Å². The summed E-state index contributed by atoms with van der Waals surface area (Å²) in [6, 6.07) is 0. The van der Waals surface area contributed by atoms with Crippen LogP contribution in [0.25, 0.3) is 0 Å². The van der Waals surface area contributed by atoms with E-state index in [0.29, 0.717) is 18.7 Å². The van der Waals surface area contributed by atoms with Gasteiger partial charge >= 0.3 is 0 Å². The first kappa shape index (κ1) is 14.1. The number of amides is 1. The second-order valence-electron chi connectivity index (χ2n) is 3.55. The molecule has 0 aromatic carbocycles. The normalized spacial score (nSPS) is 11.4. The van der Waals surface area contributed by atoms with Crippen molar-refractivity contribution in [1.82, 2.24) is 10.3 Å².